The van der Waals surface area contributed by atoms with Gasteiger partial charge in [0.25, 0.3) is 0 Å². The first-order chi connectivity index (χ1) is 12.2. The van der Waals surface area contributed by atoms with Crippen molar-refractivity contribution in [2.24, 2.45) is 11.8 Å². The summed E-state index contributed by atoms with van der Waals surface area (Å²) < 4.78 is 16.2. The number of esters is 1. The van der Waals surface area contributed by atoms with E-state index >= 15 is 0 Å². The molecule has 1 aromatic carbocycles. The molecule has 1 heterocycles. The van der Waals surface area contributed by atoms with Gasteiger partial charge in [0.1, 0.15) is 0 Å². The van der Waals surface area contributed by atoms with Crippen molar-refractivity contribution < 1.29 is 19.3 Å². The van der Waals surface area contributed by atoms with Crippen LogP contribution in [0.5, 0.6) is 0 Å². The Kier molecular flexibility index (Phi) is 6.93. The van der Waals surface area contributed by atoms with Gasteiger partial charge in [-0.2, -0.15) is 0 Å². The van der Waals surface area contributed by atoms with E-state index in [1.54, 1.807) is 0 Å². The third-order valence-electron chi connectivity index (χ3n) is 5.06. The Hall–Kier alpha value is -0.885. The predicted octanol–water partition coefficient (Wildman–Crippen LogP) is 3.09. The molecule has 132 valence electrons. The maximum atomic E-state index is 11.6. The Labute approximate surface area is 152 Å². The van der Waals surface area contributed by atoms with Crippen LogP contribution in [0.15, 0.2) is 42.5 Å². The summed E-state index contributed by atoms with van der Waals surface area (Å²) in [7, 11) is 0.909. The fraction of sp³-hybridized carbons (Fsp3) is 0.500. The predicted molar refractivity (Wildman–Crippen MR) is 103 cm³/mol. The molecule has 7 heteroatoms. The Morgan fingerprint density at radius 1 is 1.36 bits per heavy atom. The monoisotopic (exact) mass is 376 g/mol. The fourth-order valence-electron chi connectivity index (χ4n) is 3.83. The second-order valence-electron chi connectivity index (χ2n) is 6.70. The van der Waals surface area contributed by atoms with Gasteiger partial charge in [0, 0.05) is 0 Å². The molecule has 1 N–H and O–H groups in total. The van der Waals surface area contributed by atoms with Crippen LogP contribution in [0.3, 0.4) is 0 Å². The van der Waals surface area contributed by atoms with E-state index in [1.807, 2.05) is 24.3 Å². The van der Waals surface area contributed by atoms with E-state index in [9.17, 15) is 14.6 Å². The summed E-state index contributed by atoms with van der Waals surface area (Å²) in [5.41, 5.74) is 1.61. The number of ether oxygens (including phenoxy) is 1. The number of carbonyl (C=O) groups is 1. The van der Waals surface area contributed by atoms with E-state index in [-0.39, 0.29) is 23.9 Å². The van der Waals surface area contributed by atoms with Crippen molar-refractivity contribution >= 4 is 29.3 Å². The van der Waals surface area contributed by atoms with Gasteiger partial charge in [0.05, 0.1) is 0 Å². The molecular formula is C18H23BO4P2. The minimum atomic E-state index is -0.491. The topological polar surface area (TPSA) is 63.6 Å². The first-order valence-electron chi connectivity index (χ1n) is 8.72. The number of aliphatic hydroxyl groups excluding tert-OH is 1. The van der Waals surface area contributed by atoms with Gasteiger partial charge in [0.2, 0.25) is 0 Å². The van der Waals surface area contributed by atoms with E-state index in [0.29, 0.717) is 34.9 Å². The summed E-state index contributed by atoms with van der Waals surface area (Å²) in [5, 5.41) is 10.3. The molecule has 1 saturated carbocycles. The van der Waals surface area contributed by atoms with Gasteiger partial charge in [-0.25, -0.2) is 0 Å². The molecule has 1 aromatic rings. The van der Waals surface area contributed by atoms with Crippen LogP contribution in [0.25, 0.3) is 0 Å². The van der Waals surface area contributed by atoms with Crippen LogP contribution in [0.1, 0.15) is 24.8 Å². The minimum absolute atomic E-state index is 0.00226. The molecular weight excluding hydrogens is 353 g/mol. The Morgan fingerprint density at radius 3 is 2.92 bits per heavy atom. The Morgan fingerprint density at radius 2 is 2.16 bits per heavy atom. The van der Waals surface area contributed by atoms with Crippen LogP contribution < -0.4 is 0 Å². The number of aryl methyl sites for hydroxylation is 1. The van der Waals surface area contributed by atoms with Gasteiger partial charge in [-0.05, 0) is 0 Å². The second kappa shape index (κ2) is 9.17. The van der Waals surface area contributed by atoms with Crippen molar-refractivity contribution in [3.63, 3.8) is 0 Å². The number of benzene rings is 1. The second-order valence-corrected chi connectivity index (χ2v) is 9.99. The van der Waals surface area contributed by atoms with Crippen LogP contribution in [0, 0.1) is 11.8 Å². The van der Waals surface area contributed by atoms with Gasteiger partial charge >= 0.3 is 146 Å². The first-order valence-corrected chi connectivity index (χ1v) is 11.9. The molecule has 0 aromatic heterocycles. The zero-order chi connectivity index (χ0) is 17.6. The molecule has 7 atom stereocenters. The molecule has 0 bridgehead atoms. The average Bonchev–Trinajstić information content (AvgIpc) is 3.13. The SMILES string of the molecule is O=BPP[C@@H]1CC2OC(=O)C[C@@H]2[C@H]1C=CC(O)CCc1ccccc1. The summed E-state index contributed by atoms with van der Waals surface area (Å²) in [5.74, 6) is 0.324. The van der Waals surface area contributed by atoms with E-state index in [0.717, 1.165) is 19.7 Å². The first kappa shape index (κ1) is 18.9. The standard InChI is InChI=1S/C18H23BO4P2/c20-13(7-6-12-4-2-1-3-5-12)8-9-14-15-10-18(21)23-16(15)11-17(14)24-25-19-22/h1-5,8-9,13-17,20,24-25H,6-7,10-11H2/t13?,14-,15-,16?,17-/m1/s1. The molecule has 1 aliphatic carbocycles. The van der Waals surface area contributed by atoms with Crippen LogP contribution in [-0.2, 0) is 20.7 Å². The zero-order valence-corrected chi connectivity index (χ0v) is 16.0. The van der Waals surface area contributed by atoms with E-state index in [2.05, 4.69) is 18.2 Å². The Bertz CT molecular complexity index is 625. The summed E-state index contributed by atoms with van der Waals surface area (Å²) in [6, 6.07) is 10.1. The molecule has 2 aliphatic rings. The van der Waals surface area contributed by atoms with Crippen molar-refractivity contribution in [1.29, 1.82) is 0 Å². The number of carbonyl (C=O) groups excluding carboxylic acids is 1. The number of hydrogen-bond acceptors (Lipinski definition) is 4. The van der Waals surface area contributed by atoms with Gasteiger partial charge in [-0.1, -0.05) is 6.07 Å². The van der Waals surface area contributed by atoms with Crippen molar-refractivity contribution in [1.82, 2.24) is 0 Å². The third kappa shape index (κ3) is 5.06. The van der Waals surface area contributed by atoms with Crippen LogP contribution in [-0.4, -0.2) is 35.8 Å². The van der Waals surface area contributed by atoms with E-state index in [4.69, 9.17) is 4.74 Å². The molecule has 0 spiro atoms. The molecule has 1 aliphatic heterocycles. The van der Waals surface area contributed by atoms with E-state index in [1.165, 1.54) is 5.56 Å². The summed E-state index contributed by atoms with van der Waals surface area (Å²) in [6.07, 6.45) is 6.29. The van der Waals surface area contributed by atoms with Gasteiger partial charge in [-0.3, -0.25) is 0 Å². The molecule has 4 unspecified atom stereocenters. The van der Waals surface area contributed by atoms with Crippen LogP contribution in [0.2, 0.25) is 0 Å². The molecule has 0 radical (unpaired) electrons. The number of hydrogen-bond donors (Lipinski definition) is 1. The summed E-state index contributed by atoms with van der Waals surface area (Å²) in [4.78, 5) is 11.6. The van der Waals surface area contributed by atoms with Crippen LogP contribution >= 0.6 is 16.4 Å². The van der Waals surface area contributed by atoms with Gasteiger partial charge < -0.3 is 0 Å². The summed E-state index contributed by atoms with van der Waals surface area (Å²) in [6.45, 7) is 0.994. The number of aliphatic hydroxyl groups is 1. The molecule has 2 fully saturated rings. The fourth-order valence-corrected chi connectivity index (χ4v) is 6.79. The quantitative estimate of drug-likeness (QED) is 0.328. The Balaban J connectivity index is 1.58. The van der Waals surface area contributed by atoms with Crippen molar-refractivity contribution in [2.45, 2.75) is 43.6 Å². The third-order valence-corrected chi connectivity index (χ3v) is 8.30. The summed E-state index contributed by atoms with van der Waals surface area (Å²) >= 11 is 0. The molecule has 0 amide bonds. The number of rotatable bonds is 8. The van der Waals surface area contributed by atoms with Crippen LogP contribution in [0.4, 0.5) is 0 Å². The molecule has 3 rings (SSSR count). The molecule has 4 nitrogen and oxygen atoms in total. The normalized spacial score (nSPS) is 30.4. The van der Waals surface area contributed by atoms with Crippen molar-refractivity contribution in [3.05, 3.63) is 48.0 Å². The maximum absolute atomic E-state index is 11.6. The van der Waals surface area contributed by atoms with Gasteiger partial charge in [-0.15, -0.1) is 0 Å². The van der Waals surface area contributed by atoms with E-state index < -0.39 is 6.10 Å². The van der Waals surface area contributed by atoms with Crippen molar-refractivity contribution in [3.8, 4) is 0 Å². The number of allylic oxidation sites excluding steroid dienone is 1. The molecule has 1 saturated heterocycles. The van der Waals surface area contributed by atoms with Gasteiger partial charge in [0.15, 0.2) is 0 Å². The molecule has 25 heavy (non-hydrogen) atoms. The van der Waals surface area contributed by atoms with Crippen molar-refractivity contribution in [2.75, 3.05) is 0 Å². The average molecular weight is 376 g/mol. The number of fused-ring (bicyclic) bond motifs is 1. The zero-order valence-electron chi connectivity index (χ0n) is 14.0.